The van der Waals surface area contributed by atoms with Gasteiger partial charge in [0.05, 0.1) is 16.7 Å². The summed E-state index contributed by atoms with van der Waals surface area (Å²) in [6.45, 7) is 0.0888. The average Bonchev–Trinajstić information content (AvgIpc) is 2.64. The second-order valence-corrected chi connectivity index (χ2v) is 5.57. The molecule has 0 radical (unpaired) electrons. The molecule has 0 atom stereocenters. The SMILES string of the molecule is CN/C=C(\C(=N)COc1ccccn1)c1cnc2ccc(Cl)nc2c1. The summed E-state index contributed by atoms with van der Waals surface area (Å²) in [7, 11) is 1.77. The molecule has 0 bridgehead atoms. The Hall–Kier alpha value is -2.99. The first kappa shape index (κ1) is 16.9. The molecule has 3 aromatic rings. The number of aromatic nitrogens is 3. The van der Waals surface area contributed by atoms with Crippen molar-refractivity contribution in [1.82, 2.24) is 20.3 Å². The van der Waals surface area contributed by atoms with Gasteiger partial charge in [-0.25, -0.2) is 9.97 Å². The fourth-order valence-corrected chi connectivity index (χ4v) is 2.43. The molecule has 0 saturated carbocycles. The molecule has 7 heteroatoms. The van der Waals surface area contributed by atoms with E-state index in [1.165, 1.54) is 0 Å². The van der Waals surface area contributed by atoms with Gasteiger partial charge in [-0.05, 0) is 24.3 Å². The Kier molecular flexibility index (Phi) is 5.20. The number of nitrogens with one attached hydrogen (secondary N) is 2. The van der Waals surface area contributed by atoms with Crippen molar-refractivity contribution < 1.29 is 4.74 Å². The van der Waals surface area contributed by atoms with Crippen LogP contribution in [-0.2, 0) is 0 Å². The molecular weight excluding hydrogens is 338 g/mol. The van der Waals surface area contributed by atoms with Gasteiger partial charge in [0.2, 0.25) is 5.88 Å². The summed E-state index contributed by atoms with van der Waals surface area (Å²) in [5, 5.41) is 11.7. The summed E-state index contributed by atoms with van der Waals surface area (Å²) in [6.07, 6.45) is 5.08. The van der Waals surface area contributed by atoms with Crippen molar-refractivity contribution in [3.63, 3.8) is 0 Å². The third-order valence-corrected chi connectivity index (χ3v) is 3.64. The largest absolute Gasteiger partial charge is 0.471 e. The molecular formula is C18H16ClN5O. The summed E-state index contributed by atoms with van der Waals surface area (Å²) in [4.78, 5) is 12.8. The standard InChI is InChI=1S/C18H16ClN5O/c1-21-10-13(14(20)11-25-18-4-2-3-7-22-18)12-8-16-15(23-9-12)5-6-17(19)24-16/h2-10,20-21H,11H2,1H3/b13-10-,20-14?. The first-order valence-electron chi connectivity index (χ1n) is 7.59. The van der Waals surface area contributed by atoms with Crippen LogP contribution in [0.25, 0.3) is 16.6 Å². The number of hydrogen-bond acceptors (Lipinski definition) is 6. The summed E-state index contributed by atoms with van der Waals surface area (Å²) in [5.41, 5.74) is 3.13. The van der Waals surface area contributed by atoms with Crippen LogP contribution < -0.4 is 10.1 Å². The van der Waals surface area contributed by atoms with Crippen molar-refractivity contribution in [3.8, 4) is 5.88 Å². The molecule has 6 nitrogen and oxygen atoms in total. The topological polar surface area (TPSA) is 83.8 Å². The number of halogens is 1. The maximum atomic E-state index is 8.35. The Labute approximate surface area is 150 Å². The minimum absolute atomic E-state index is 0.0888. The minimum Gasteiger partial charge on any atom is -0.471 e. The highest BCUT2D eigenvalue weighted by molar-refractivity contribution is 6.29. The van der Waals surface area contributed by atoms with Crippen molar-refractivity contribution >= 4 is 33.9 Å². The van der Waals surface area contributed by atoms with Crippen molar-refractivity contribution in [2.24, 2.45) is 0 Å². The second kappa shape index (κ2) is 7.72. The van der Waals surface area contributed by atoms with Gasteiger partial charge in [0.25, 0.3) is 0 Å². The van der Waals surface area contributed by atoms with Crippen LogP contribution in [0.15, 0.2) is 55.0 Å². The fourth-order valence-electron chi connectivity index (χ4n) is 2.27. The number of ether oxygens (including phenoxy) is 1. The quantitative estimate of drug-likeness (QED) is 0.524. The lowest BCUT2D eigenvalue weighted by Crippen LogP contribution is -2.15. The molecule has 0 aliphatic rings. The molecule has 0 unspecified atom stereocenters. The van der Waals surface area contributed by atoms with Crippen LogP contribution >= 0.6 is 11.6 Å². The zero-order valence-electron chi connectivity index (χ0n) is 13.5. The third-order valence-electron chi connectivity index (χ3n) is 3.43. The van der Waals surface area contributed by atoms with E-state index in [-0.39, 0.29) is 6.61 Å². The Bertz CT molecular complexity index is 927. The van der Waals surface area contributed by atoms with E-state index >= 15 is 0 Å². The normalized spacial score (nSPS) is 11.4. The number of nitrogens with zero attached hydrogens (tertiary/aromatic N) is 3. The Morgan fingerprint density at radius 3 is 2.88 bits per heavy atom. The highest BCUT2D eigenvalue weighted by Gasteiger charge is 2.11. The van der Waals surface area contributed by atoms with Gasteiger partial charge >= 0.3 is 0 Å². The zero-order valence-corrected chi connectivity index (χ0v) is 14.3. The van der Waals surface area contributed by atoms with Gasteiger partial charge in [0, 0.05) is 42.8 Å². The summed E-state index contributed by atoms with van der Waals surface area (Å²) >= 11 is 5.96. The van der Waals surface area contributed by atoms with Gasteiger partial charge in [-0.15, -0.1) is 0 Å². The fraction of sp³-hybridized carbons (Fsp3) is 0.111. The highest BCUT2D eigenvalue weighted by Crippen LogP contribution is 2.20. The van der Waals surface area contributed by atoms with Crippen LogP contribution in [0.5, 0.6) is 5.88 Å². The lowest BCUT2D eigenvalue weighted by Gasteiger charge is -2.11. The molecule has 2 N–H and O–H groups in total. The summed E-state index contributed by atoms with van der Waals surface area (Å²) in [5.74, 6) is 0.473. The first-order valence-corrected chi connectivity index (χ1v) is 7.97. The van der Waals surface area contributed by atoms with Crippen LogP contribution in [0.4, 0.5) is 0 Å². The first-order chi connectivity index (χ1) is 12.2. The van der Waals surface area contributed by atoms with E-state index in [4.69, 9.17) is 21.7 Å². The summed E-state index contributed by atoms with van der Waals surface area (Å²) in [6, 6.07) is 10.8. The van der Waals surface area contributed by atoms with E-state index in [1.54, 1.807) is 37.8 Å². The Morgan fingerprint density at radius 1 is 1.24 bits per heavy atom. The number of pyridine rings is 3. The minimum atomic E-state index is 0.0888. The van der Waals surface area contributed by atoms with Gasteiger partial charge < -0.3 is 15.5 Å². The van der Waals surface area contributed by atoms with Crippen LogP contribution in [0, 0.1) is 5.41 Å². The second-order valence-electron chi connectivity index (χ2n) is 5.18. The molecule has 0 spiro atoms. The molecule has 25 heavy (non-hydrogen) atoms. The van der Waals surface area contributed by atoms with Crippen LogP contribution in [-0.4, -0.2) is 34.3 Å². The van der Waals surface area contributed by atoms with E-state index < -0.39 is 0 Å². The van der Waals surface area contributed by atoms with E-state index in [0.29, 0.717) is 27.8 Å². The van der Waals surface area contributed by atoms with Gasteiger partial charge in [0.1, 0.15) is 11.8 Å². The molecule has 0 amide bonds. The zero-order chi connectivity index (χ0) is 17.6. The van der Waals surface area contributed by atoms with Crippen molar-refractivity contribution in [3.05, 3.63) is 65.7 Å². The molecule has 0 saturated heterocycles. The Morgan fingerprint density at radius 2 is 2.12 bits per heavy atom. The Balaban J connectivity index is 1.85. The number of fused-ring (bicyclic) bond motifs is 1. The van der Waals surface area contributed by atoms with E-state index in [9.17, 15) is 0 Å². The van der Waals surface area contributed by atoms with Crippen LogP contribution in [0.3, 0.4) is 0 Å². The van der Waals surface area contributed by atoms with Crippen LogP contribution in [0.2, 0.25) is 5.15 Å². The third kappa shape index (κ3) is 4.10. The smallest absolute Gasteiger partial charge is 0.213 e. The predicted molar refractivity (Wildman–Crippen MR) is 99.0 cm³/mol. The van der Waals surface area contributed by atoms with Crippen LogP contribution in [0.1, 0.15) is 5.56 Å². The molecule has 0 aliphatic heterocycles. The highest BCUT2D eigenvalue weighted by atomic mass is 35.5. The average molecular weight is 354 g/mol. The molecule has 0 fully saturated rings. The van der Waals surface area contributed by atoms with E-state index in [2.05, 4.69) is 20.3 Å². The van der Waals surface area contributed by atoms with Crippen molar-refractivity contribution in [1.29, 1.82) is 5.41 Å². The van der Waals surface area contributed by atoms with Gasteiger partial charge in [-0.3, -0.25) is 4.98 Å². The molecule has 3 rings (SSSR count). The lowest BCUT2D eigenvalue weighted by molar-refractivity contribution is 0.362. The molecule has 126 valence electrons. The van der Waals surface area contributed by atoms with Gasteiger partial charge in [-0.1, -0.05) is 17.7 Å². The van der Waals surface area contributed by atoms with Gasteiger partial charge in [-0.2, -0.15) is 0 Å². The van der Waals surface area contributed by atoms with Gasteiger partial charge in [0.15, 0.2) is 0 Å². The summed E-state index contributed by atoms with van der Waals surface area (Å²) < 4.78 is 5.56. The lowest BCUT2D eigenvalue weighted by atomic mass is 10.0. The predicted octanol–water partition coefficient (Wildman–Crippen LogP) is 3.34. The molecule has 0 aromatic carbocycles. The molecule has 0 aliphatic carbocycles. The van der Waals surface area contributed by atoms with E-state index in [1.807, 2.05) is 24.3 Å². The molecule has 3 aromatic heterocycles. The van der Waals surface area contributed by atoms with E-state index in [0.717, 1.165) is 11.1 Å². The maximum Gasteiger partial charge on any atom is 0.213 e. The number of rotatable bonds is 6. The monoisotopic (exact) mass is 353 g/mol. The molecule has 3 heterocycles. The van der Waals surface area contributed by atoms with Crippen molar-refractivity contribution in [2.45, 2.75) is 0 Å². The van der Waals surface area contributed by atoms with Crippen molar-refractivity contribution in [2.75, 3.05) is 13.7 Å². The maximum absolute atomic E-state index is 8.35. The number of hydrogen-bond donors (Lipinski definition) is 2.